The van der Waals surface area contributed by atoms with E-state index in [1.165, 1.54) is 0 Å². The standard InChI is InChI=1S/C23H22Cl2N2O4/c1-26-9-7-13(8-10-26)27-11-16-18(30-12-27)6-5-15-20(28)21(29)23(31-22(15)16)14-3-2-4-17(24)19(14)25/h2-6,13,29H,7-12H2,1H3. The van der Waals surface area contributed by atoms with Crippen LogP contribution < -0.4 is 10.2 Å². The fourth-order valence-electron chi connectivity index (χ4n) is 4.43. The van der Waals surface area contributed by atoms with Crippen LogP contribution in [0.5, 0.6) is 11.5 Å². The first-order chi connectivity index (χ1) is 14.9. The predicted molar refractivity (Wildman–Crippen MR) is 121 cm³/mol. The number of piperidine rings is 1. The van der Waals surface area contributed by atoms with Gasteiger partial charge in [-0.3, -0.25) is 9.69 Å². The Morgan fingerprint density at radius 3 is 2.68 bits per heavy atom. The van der Waals surface area contributed by atoms with Crippen LogP contribution in [0, 0.1) is 0 Å². The Hall–Kier alpha value is -2.25. The van der Waals surface area contributed by atoms with E-state index in [2.05, 4.69) is 16.8 Å². The number of nitrogens with zero attached hydrogens (tertiary/aromatic N) is 2. The van der Waals surface area contributed by atoms with Gasteiger partial charge in [-0.05, 0) is 57.2 Å². The molecule has 0 spiro atoms. The van der Waals surface area contributed by atoms with Gasteiger partial charge < -0.3 is 19.2 Å². The highest BCUT2D eigenvalue weighted by Crippen LogP contribution is 2.40. The molecule has 3 heterocycles. The zero-order valence-corrected chi connectivity index (χ0v) is 18.5. The summed E-state index contributed by atoms with van der Waals surface area (Å²) < 4.78 is 12.2. The van der Waals surface area contributed by atoms with E-state index in [9.17, 15) is 9.90 Å². The number of halogens is 2. The van der Waals surface area contributed by atoms with Gasteiger partial charge in [0.1, 0.15) is 18.1 Å². The lowest BCUT2D eigenvalue weighted by molar-refractivity contribution is 0.0296. The lowest BCUT2D eigenvalue weighted by Gasteiger charge is -2.39. The number of aromatic hydroxyl groups is 1. The number of benzene rings is 2. The molecule has 8 heteroatoms. The summed E-state index contributed by atoms with van der Waals surface area (Å²) >= 11 is 12.5. The highest BCUT2D eigenvalue weighted by atomic mass is 35.5. The van der Waals surface area contributed by atoms with E-state index < -0.39 is 11.2 Å². The van der Waals surface area contributed by atoms with Gasteiger partial charge in [0.2, 0.25) is 11.2 Å². The Labute approximate surface area is 189 Å². The minimum Gasteiger partial charge on any atom is -0.502 e. The molecule has 31 heavy (non-hydrogen) atoms. The summed E-state index contributed by atoms with van der Waals surface area (Å²) in [6.45, 7) is 3.20. The number of fused-ring (bicyclic) bond motifs is 3. The van der Waals surface area contributed by atoms with Crippen LogP contribution >= 0.6 is 23.2 Å². The van der Waals surface area contributed by atoms with E-state index in [1.807, 2.05) is 0 Å². The van der Waals surface area contributed by atoms with Gasteiger partial charge in [-0.25, -0.2) is 0 Å². The van der Waals surface area contributed by atoms with Gasteiger partial charge in [0.05, 0.1) is 21.0 Å². The first-order valence-corrected chi connectivity index (χ1v) is 11.0. The normalized spacial score (nSPS) is 18.2. The lowest BCUT2D eigenvalue weighted by atomic mass is 10.0. The molecule has 0 aliphatic carbocycles. The van der Waals surface area contributed by atoms with Gasteiger partial charge in [-0.15, -0.1) is 0 Å². The minimum absolute atomic E-state index is 0.00909. The number of hydrogen-bond acceptors (Lipinski definition) is 6. The van der Waals surface area contributed by atoms with Crippen molar-refractivity contribution in [2.75, 3.05) is 26.9 Å². The molecule has 1 N–H and O–H groups in total. The van der Waals surface area contributed by atoms with Crippen molar-refractivity contribution < 1.29 is 14.3 Å². The Bertz CT molecular complexity index is 1220. The van der Waals surface area contributed by atoms with Crippen LogP contribution in [0.15, 0.2) is 39.5 Å². The van der Waals surface area contributed by atoms with Crippen LogP contribution in [0.1, 0.15) is 18.4 Å². The monoisotopic (exact) mass is 460 g/mol. The first kappa shape index (κ1) is 20.6. The molecule has 0 unspecified atom stereocenters. The summed E-state index contributed by atoms with van der Waals surface area (Å²) in [4.78, 5) is 17.6. The van der Waals surface area contributed by atoms with E-state index in [-0.39, 0.29) is 10.8 Å². The maximum absolute atomic E-state index is 13.0. The topological polar surface area (TPSA) is 66.2 Å². The Balaban J connectivity index is 1.63. The molecular weight excluding hydrogens is 439 g/mol. The van der Waals surface area contributed by atoms with Crippen molar-refractivity contribution in [1.82, 2.24) is 9.80 Å². The zero-order chi connectivity index (χ0) is 21.7. The summed E-state index contributed by atoms with van der Waals surface area (Å²) in [5.41, 5.74) is 1.07. The fraction of sp³-hybridized carbons (Fsp3) is 0.348. The summed E-state index contributed by atoms with van der Waals surface area (Å²) in [6.07, 6.45) is 2.13. The molecule has 1 saturated heterocycles. The zero-order valence-electron chi connectivity index (χ0n) is 17.0. The van der Waals surface area contributed by atoms with Crippen LogP contribution in [-0.2, 0) is 6.54 Å². The number of ether oxygens (including phenoxy) is 1. The molecule has 2 aliphatic heterocycles. The molecule has 3 aromatic rings. The van der Waals surface area contributed by atoms with Crippen molar-refractivity contribution in [3.63, 3.8) is 0 Å². The third-order valence-corrected chi connectivity index (χ3v) is 7.06. The molecule has 6 nitrogen and oxygen atoms in total. The molecule has 2 aromatic carbocycles. The molecule has 162 valence electrons. The average molecular weight is 461 g/mol. The van der Waals surface area contributed by atoms with Crippen LogP contribution in [0.3, 0.4) is 0 Å². The number of rotatable bonds is 2. The number of likely N-dealkylation sites (tertiary alicyclic amines) is 1. The second kappa shape index (κ2) is 8.02. The van der Waals surface area contributed by atoms with Crippen LogP contribution in [0.4, 0.5) is 0 Å². The van der Waals surface area contributed by atoms with E-state index in [0.717, 1.165) is 31.5 Å². The molecule has 0 bridgehead atoms. The molecule has 0 amide bonds. The molecule has 0 radical (unpaired) electrons. The predicted octanol–water partition coefficient (Wildman–Crippen LogP) is 4.72. The van der Waals surface area contributed by atoms with Gasteiger partial charge in [0.15, 0.2) is 5.76 Å². The lowest BCUT2D eigenvalue weighted by Crippen LogP contribution is -2.46. The molecule has 0 atom stereocenters. The van der Waals surface area contributed by atoms with E-state index in [1.54, 1.807) is 30.3 Å². The fourth-order valence-corrected chi connectivity index (χ4v) is 4.82. The SMILES string of the molecule is CN1CCC(N2COc3ccc4c(=O)c(O)c(-c5cccc(Cl)c5Cl)oc4c3C2)CC1. The summed E-state index contributed by atoms with van der Waals surface area (Å²) in [5.74, 6) is 0.212. The van der Waals surface area contributed by atoms with Gasteiger partial charge in [0.25, 0.3) is 0 Å². The van der Waals surface area contributed by atoms with Crippen molar-refractivity contribution in [3.05, 3.63) is 56.2 Å². The van der Waals surface area contributed by atoms with Crippen LogP contribution in [-0.4, -0.2) is 47.8 Å². The molecule has 0 saturated carbocycles. The maximum Gasteiger partial charge on any atom is 0.235 e. The van der Waals surface area contributed by atoms with E-state index >= 15 is 0 Å². The summed E-state index contributed by atoms with van der Waals surface area (Å²) in [5, 5.41) is 11.4. The Morgan fingerprint density at radius 2 is 1.90 bits per heavy atom. The highest BCUT2D eigenvalue weighted by Gasteiger charge is 2.30. The van der Waals surface area contributed by atoms with Crippen molar-refractivity contribution in [3.8, 4) is 22.8 Å². The van der Waals surface area contributed by atoms with Crippen molar-refractivity contribution in [2.24, 2.45) is 0 Å². The Morgan fingerprint density at radius 1 is 1.13 bits per heavy atom. The van der Waals surface area contributed by atoms with Crippen molar-refractivity contribution in [2.45, 2.75) is 25.4 Å². The average Bonchev–Trinajstić information content (AvgIpc) is 2.78. The van der Waals surface area contributed by atoms with Crippen LogP contribution in [0.25, 0.3) is 22.3 Å². The van der Waals surface area contributed by atoms with Crippen LogP contribution in [0.2, 0.25) is 10.0 Å². The summed E-state index contributed by atoms with van der Waals surface area (Å²) in [6, 6.07) is 8.80. The Kier molecular flexibility index (Phi) is 5.34. The van der Waals surface area contributed by atoms with Gasteiger partial charge in [-0.2, -0.15) is 0 Å². The van der Waals surface area contributed by atoms with Crippen molar-refractivity contribution >= 4 is 34.2 Å². The van der Waals surface area contributed by atoms with E-state index in [0.29, 0.717) is 46.6 Å². The molecule has 5 rings (SSSR count). The van der Waals surface area contributed by atoms with Gasteiger partial charge >= 0.3 is 0 Å². The minimum atomic E-state index is -0.508. The molecular formula is C23H22Cl2N2O4. The second-order valence-corrected chi connectivity index (χ2v) is 8.97. The maximum atomic E-state index is 13.0. The number of hydrogen-bond donors (Lipinski definition) is 1. The largest absolute Gasteiger partial charge is 0.502 e. The third kappa shape index (κ3) is 3.57. The van der Waals surface area contributed by atoms with Crippen molar-refractivity contribution in [1.29, 1.82) is 0 Å². The smallest absolute Gasteiger partial charge is 0.235 e. The van der Waals surface area contributed by atoms with E-state index in [4.69, 9.17) is 32.4 Å². The first-order valence-electron chi connectivity index (χ1n) is 10.3. The third-order valence-electron chi connectivity index (χ3n) is 6.24. The quantitative estimate of drug-likeness (QED) is 0.596. The highest BCUT2D eigenvalue weighted by molar-refractivity contribution is 6.43. The molecule has 1 fully saturated rings. The summed E-state index contributed by atoms with van der Waals surface area (Å²) in [7, 11) is 2.13. The van der Waals surface area contributed by atoms with Gasteiger partial charge in [0, 0.05) is 18.2 Å². The second-order valence-electron chi connectivity index (χ2n) is 8.18. The van der Waals surface area contributed by atoms with Gasteiger partial charge in [-0.1, -0.05) is 29.3 Å². The molecule has 2 aliphatic rings. The molecule has 1 aromatic heterocycles.